The van der Waals surface area contributed by atoms with Crippen LogP contribution in [0.15, 0.2) is 205 Å². The molecule has 11 aromatic rings. The molecule has 3 aromatic heterocycles. The Morgan fingerprint density at radius 3 is 1.64 bits per heavy atom. The summed E-state index contributed by atoms with van der Waals surface area (Å²) in [6, 6.07) is 70.1. The van der Waals surface area contributed by atoms with E-state index in [9.17, 15) is 0 Å². The highest BCUT2D eigenvalue weighted by atomic mass is 16.3. The normalized spacial score (nSPS) is 11.6. The van der Waals surface area contributed by atoms with Gasteiger partial charge in [-0.1, -0.05) is 170 Å². The van der Waals surface area contributed by atoms with Gasteiger partial charge in [0.15, 0.2) is 11.4 Å². The van der Waals surface area contributed by atoms with Crippen molar-refractivity contribution in [2.75, 3.05) is 0 Å². The van der Waals surface area contributed by atoms with Crippen LogP contribution in [0.1, 0.15) is 0 Å². The van der Waals surface area contributed by atoms with Crippen molar-refractivity contribution in [1.82, 2.24) is 14.5 Å². The number of benzene rings is 8. The Balaban J connectivity index is 1.20. The molecule has 0 amide bonds. The fourth-order valence-electron chi connectivity index (χ4n) is 8.37. The average molecular weight is 716 g/mol. The molecule has 11 rings (SSSR count). The van der Waals surface area contributed by atoms with Gasteiger partial charge in [0.2, 0.25) is 0 Å². The Morgan fingerprint density at radius 2 is 0.893 bits per heavy atom. The molecule has 56 heavy (non-hydrogen) atoms. The van der Waals surface area contributed by atoms with Crippen molar-refractivity contribution in [1.29, 1.82) is 0 Å². The molecule has 0 atom stereocenters. The number of rotatable bonds is 6. The quantitative estimate of drug-likeness (QED) is 0.172. The van der Waals surface area contributed by atoms with Crippen LogP contribution in [0.3, 0.4) is 0 Å². The van der Waals surface area contributed by atoms with E-state index in [4.69, 9.17) is 14.4 Å². The second-order valence-electron chi connectivity index (χ2n) is 14.1. The van der Waals surface area contributed by atoms with Crippen LogP contribution in [-0.2, 0) is 0 Å². The third kappa shape index (κ3) is 5.15. The molecule has 0 N–H and O–H groups in total. The van der Waals surface area contributed by atoms with Crippen LogP contribution in [0.5, 0.6) is 0 Å². The van der Waals surface area contributed by atoms with Gasteiger partial charge in [-0.25, -0.2) is 9.97 Å². The summed E-state index contributed by atoms with van der Waals surface area (Å²) in [4.78, 5) is 10.9. The lowest BCUT2D eigenvalue weighted by Crippen LogP contribution is -1.99. The zero-order chi connectivity index (χ0) is 37.0. The summed E-state index contributed by atoms with van der Waals surface area (Å²) in [7, 11) is 0. The highest BCUT2D eigenvalue weighted by Crippen LogP contribution is 2.43. The van der Waals surface area contributed by atoms with E-state index in [1.54, 1.807) is 0 Å². The molecular formula is C52H33N3O. The molecule has 3 heterocycles. The smallest absolute Gasteiger partial charge is 0.161 e. The molecule has 0 aliphatic heterocycles. The van der Waals surface area contributed by atoms with Crippen LogP contribution < -0.4 is 0 Å². The number of hydrogen-bond donors (Lipinski definition) is 0. The molecule has 0 bridgehead atoms. The summed E-state index contributed by atoms with van der Waals surface area (Å²) in [6.07, 6.45) is 0. The van der Waals surface area contributed by atoms with Crippen molar-refractivity contribution < 1.29 is 4.42 Å². The average Bonchev–Trinajstić information content (AvgIpc) is 3.83. The Kier molecular flexibility index (Phi) is 7.46. The molecule has 0 radical (unpaired) electrons. The van der Waals surface area contributed by atoms with Crippen molar-refractivity contribution in [2.45, 2.75) is 0 Å². The van der Waals surface area contributed by atoms with Gasteiger partial charge in [0, 0.05) is 38.2 Å². The fraction of sp³-hybridized carbons (Fsp3) is 0. The van der Waals surface area contributed by atoms with E-state index < -0.39 is 0 Å². The van der Waals surface area contributed by atoms with Gasteiger partial charge in [0.25, 0.3) is 0 Å². The maximum absolute atomic E-state index is 6.60. The van der Waals surface area contributed by atoms with Gasteiger partial charge in [0.1, 0.15) is 5.58 Å². The van der Waals surface area contributed by atoms with Gasteiger partial charge in [0.05, 0.1) is 28.1 Å². The SMILES string of the molecule is c1ccc(-c2ccccc2-c2cc(-c3cccc4c3c3ccccc3n4-c3cccc4c3oc3ccccc34)nc(-c3ccccc3-c3ccccc3)n2)cc1. The Morgan fingerprint density at radius 1 is 0.375 bits per heavy atom. The van der Waals surface area contributed by atoms with Crippen LogP contribution in [0, 0.1) is 0 Å². The third-order valence-electron chi connectivity index (χ3n) is 10.9. The second kappa shape index (κ2) is 13.1. The van der Waals surface area contributed by atoms with Crippen LogP contribution in [0.4, 0.5) is 0 Å². The number of furan rings is 1. The highest BCUT2D eigenvalue weighted by molar-refractivity contribution is 6.17. The Bertz CT molecular complexity index is 3150. The summed E-state index contributed by atoms with van der Waals surface area (Å²) in [5.41, 5.74) is 14.2. The van der Waals surface area contributed by atoms with Crippen molar-refractivity contribution in [3.05, 3.63) is 200 Å². The molecule has 0 aliphatic carbocycles. The van der Waals surface area contributed by atoms with E-state index in [1.165, 1.54) is 0 Å². The summed E-state index contributed by atoms with van der Waals surface area (Å²) >= 11 is 0. The van der Waals surface area contributed by atoms with Crippen LogP contribution in [-0.4, -0.2) is 14.5 Å². The molecule has 0 saturated carbocycles. The zero-order valence-electron chi connectivity index (χ0n) is 30.3. The van der Waals surface area contributed by atoms with Gasteiger partial charge in [-0.05, 0) is 52.6 Å². The van der Waals surface area contributed by atoms with Crippen molar-refractivity contribution in [3.8, 4) is 61.8 Å². The topological polar surface area (TPSA) is 43.9 Å². The number of fused-ring (bicyclic) bond motifs is 6. The van der Waals surface area contributed by atoms with Crippen molar-refractivity contribution in [2.24, 2.45) is 0 Å². The lowest BCUT2D eigenvalue weighted by atomic mass is 9.95. The minimum Gasteiger partial charge on any atom is -0.454 e. The van der Waals surface area contributed by atoms with Gasteiger partial charge in [-0.15, -0.1) is 0 Å². The molecule has 0 fully saturated rings. The predicted octanol–water partition coefficient (Wildman–Crippen LogP) is 13.8. The molecular weight excluding hydrogens is 683 g/mol. The molecule has 262 valence electrons. The maximum atomic E-state index is 6.60. The molecule has 0 spiro atoms. The zero-order valence-corrected chi connectivity index (χ0v) is 30.3. The first-order valence-corrected chi connectivity index (χ1v) is 18.9. The van der Waals surface area contributed by atoms with E-state index in [0.717, 1.165) is 99.8 Å². The van der Waals surface area contributed by atoms with Crippen LogP contribution >= 0.6 is 0 Å². The number of nitrogens with zero attached hydrogens (tertiary/aromatic N) is 3. The summed E-state index contributed by atoms with van der Waals surface area (Å²) in [5, 5.41) is 4.47. The van der Waals surface area contributed by atoms with Crippen molar-refractivity contribution >= 4 is 43.7 Å². The number of aromatic nitrogens is 3. The maximum Gasteiger partial charge on any atom is 0.161 e. The second-order valence-corrected chi connectivity index (χ2v) is 14.1. The fourth-order valence-corrected chi connectivity index (χ4v) is 8.37. The van der Waals surface area contributed by atoms with E-state index in [-0.39, 0.29) is 0 Å². The van der Waals surface area contributed by atoms with Gasteiger partial charge in [-0.3, -0.25) is 0 Å². The van der Waals surface area contributed by atoms with E-state index in [1.807, 2.05) is 18.2 Å². The van der Waals surface area contributed by atoms with Crippen LogP contribution in [0.25, 0.3) is 106 Å². The first-order chi connectivity index (χ1) is 27.8. The lowest BCUT2D eigenvalue weighted by Gasteiger charge is -2.15. The monoisotopic (exact) mass is 715 g/mol. The highest BCUT2D eigenvalue weighted by Gasteiger charge is 2.22. The standard InChI is InChI=1S/C52H33N3O/c1-3-17-34(18-4-1)36-21-7-9-23-38(36)44-33-45(54-52(53-44)41-25-10-8-22-37(41)35-19-5-2-6-20-35)42-28-16-30-47-50(42)43-26-11-13-29-46(43)55(47)48-31-15-27-40-39-24-12-14-32-49(39)56-51(40)48/h1-33H. The minimum atomic E-state index is 0.674. The molecule has 0 aliphatic rings. The van der Waals surface area contributed by atoms with E-state index in [2.05, 4.69) is 187 Å². The summed E-state index contributed by atoms with van der Waals surface area (Å²) in [5.74, 6) is 0.674. The molecule has 0 saturated heterocycles. The number of para-hydroxylation sites is 3. The summed E-state index contributed by atoms with van der Waals surface area (Å²) in [6.45, 7) is 0. The number of hydrogen-bond acceptors (Lipinski definition) is 3. The van der Waals surface area contributed by atoms with Crippen molar-refractivity contribution in [3.63, 3.8) is 0 Å². The van der Waals surface area contributed by atoms with E-state index >= 15 is 0 Å². The lowest BCUT2D eigenvalue weighted by molar-refractivity contribution is 0.666. The minimum absolute atomic E-state index is 0.674. The Hall–Kier alpha value is -7.56. The third-order valence-corrected chi connectivity index (χ3v) is 10.9. The first-order valence-electron chi connectivity index (χ1n) is 18.9. The van der Waals surface area contributed by atoms with Crippen LogP contribution in [0.2, 0.25) is 0 Å². The van der Waals surface area contributed by atoms with Gasteiger partial charge < -0.3 is 8.98 Å². The predicted molar refractivity (Wildman–Crippen MR) is 231 cm³/mol. The summed E-state index contributed by atoms with van der Waals surface area (Å²) < 4.78 is 8.95. The van der Waals surface area contributed by atoms with E-state index in [0.29, 0.717) is 5.82 Å². The molecule has 8 aromatic carbocycles. The largest absolute Gasteiger partial charge is 0.454 e. The molecule has 4 nitrogen and oxygen atoms in total. The Labute approximate surface area is 323 Å². The molecule has 0 unspecified atom stereocenters. The van der Waals surface area contributed by atoms with Gasteiger partial charge in [-0.2, -0.15) is 0 Å². The van der Waals surface area contributed by atoms with Gasteiger partial charge >= 0.3 is 0 Å². The molecule has 4 heteroatoms. The first kappa shape index (κ1) is 31.9.